The normalized spacial score (nSPS) is 10.0. The highest BCUT2D eigenvalue weighted by Gasteiger charge is 2.03. The molecule has 98 valence electrons. The van der Waals surface area contributed by atoms with Crippen LogP contribution in [0.3, 0.4) is 0 Å². The Morgan fingerprint density at radius 2 is 1.84 bits per heavy atom. The maximum atomic E-state index is 11.0. The van der Waals surface area contributed by atoms with Crippen LogP contribution in [-0.4, -0.2) is 13.4 Å². The number of carbonyl (C=O) groups excluding carboxylic acids is 1. The molecule has 0 bridgehead atoms. The first-order chi connectivity index (χ1) is 9.22. The zero-order valence-corrected chi connectivity index (χ0v) is 11.1. The van der Waals surface area contributed by atoms with Gasteiger partial charge in [0.15, 0.2) is 6.29 Å². The van der Waals surface area contributed by atoms with Crippen molar-refractivity contribution in [2.75, 3.05) is 7.11 Å². The van der Waals surface area contributed by atoms with Crippen LogP contribution >= 0.6 is 0 Å². The molecule has 0 radical (unpaired) electrons. The van der Waals surface area contributed by atoms with Gasteiger partial charge in [-0.05, 0) is 36.8 Å². The topological polar surface area (TPSA) is 35.5 Å². The molecule has 0 atom stereocenters. The third kappa shape index (κ3) is 3.35. The summed E-state index contributed by atoms with van der Waals surface area (Å²) in [5, 5.41) is 0. The Labute approximate surface area is 112 Å². The predicted octanol–water partition coefficient (Wildman–Crippen LogP) is 3.40. The van der Waals surface area contributed by atoms with E-state index in [2.05, 4.69) is 0 Å². The monoisotopic (exact) mass is 256 g/mol. The van der Waals surface area contributed by atoms with E-state index in [0.29, 0.717) is 17.9 Å². The van der Waals surface area contributed by atoms with Gasteiger partial charge in [0.1, 0.15) is 18.1 Å². The van der Waals surface area contributed by atoms with E-state index in [9.17, 15) is 4.79 Å². The molecule has 2 rings (SSSR count). The van der Waals surface area contributed by atoms with E-state index >= 15 is 0 Å². The van der Waals surface area contributed by atoms with E-state index < -0.39 is 0 Å². The van der Waals surface area contributed by atoms with Crippen LogP contribution in [0.25, 0.3) is 0 Å². The average Bonchev–Trinajstić information content (AvgIpc) is 2.46. The fourth-order valence-electron chi connectivity index (χ4n) is 1.77. The minimum absolute atomic E-state index is 0.424. The Bertz CT molecular complexity index is 559. The van der Waals surface area contributed by atoms with Crippen molar-refractivity contribution in [3.05, 3.63) is 59.2 Å². The van der Waals surface area contributed by atoms with Gasteiger partial charge in [0, 0.05) is 0 Å². The van der Waals surface area contributed by atoms with Crippen molar-refractivity contribution in [1.29, 1.82) is 0 Å². The molecular formula is C16H16O3. The van der Waals surface area contributed by atoms with Gasteiger partial charge in [0.2, 0.25) is 0 Å². The molecule has 2 aromatic carbocycles. The van der Waals surface area contributed by atoms with E-state index in [1.54, 1.807) is 7.11 Å². The number of aldehydes is 1. The number of hydrogen-bond donors (Lipinski definition) is 0. The van der Waals surface area contributed by atoms with Gasteiger partial charge in [-0.2, -0.15) is 0 Å². The molecule has 0 N–H and O–H groups in total. The molecule has 0 aliphatic heterocycles. The van der Waals surface area contributed by atoms with E-state index in [4.69, 9.17) is 9.47 Å². The van der Waals surface area contributed by atoms with Crippen molar-refractivity contribution in [3.8, 4) is 11.5 Å². The van der Waals surface area contributed by atoms with Crippen LogP contribution in [0.2, 0.25) is 0 Å². The standard InChI is InChI=1S/C16H16O3/c1-12-3-8-16(14(9-12)10-17)19-11-13-4-6-15(18-2)7-5-13/h3-10H,11H2,1-2H3. The number of ether oxygens (including phenoxy) is 2. The molecule has 0 amide bonds. The fraction of sp³-hybridized carbons (Fsp3) is 0.188. The molecule has 0 spiro atoms. The lowest BCUT2D eigenvalue weighted by molar-refractivity contribution is 0.111. The highest BCUT2D eigenvalue weighted by molar-refractivity contribution is 5.79. The molecule has 0 heterocycles. The van der Waals surface area contributed by atoms with Gasteiger partial charge in [-0.3, -0.25) is 4.79 Å². The van der Waals surface area contributed by atoms with Gasteiger partial charge in [0.05, 0.1) is 12.7 Å². The van der Waals surface area contributed by atoms with Crippen molar-refractivity contribution in [3.63, 3.8) is 0 Å². The van der Waals surface area contributed by atoms with E-state index in [1.807, 2.05) is 49.4 Å². The summed E-state index contributed by atoms with van der Waals surface area (Å²) in [6, 6.07) is 13.2. The molecule has 2 aromatic rings. The van der Waals surface area contributed by atoms with Crippen LogP contribution in [0.15, 0.2) is 42.5 Å². The number of methoxy groups -OCH3 is 1. The SMILES string of the molecule is COc1ccc(COc2ccc(C)cc2C=O)cc1. The molecule has 0 saturated carbocycles. The Morgan fingerprint density at radius 3 is 2.47 bits per heavy atom. The fourth-order valence-corrected chi connectivity index (χ4v) is 1.77. The minimum atomic E-state index is 0.424. The molecule has 0 unspecified atom stereocenters. The minimum Gasteiger partial charge on any atom is -0.497 e. The van der Waals surface area contributed by atoms with E-state index in [0.717, 1.165) is 23.2 Å². The number of hydrogen-bond acceptors (Lipinski definition) is 3. The second-order valence-corrected chi connectivity index (χ2v) is 4.30. The van der Waals surface area contributed by atoms with Crippen molar-refractivity contribution >= 4 is 6.29 Å². The first-order valence-corrected chi connectivity index (χ1v) is 6.04. The van der Waals surface area contributed by atoms with Crippen molar-refractivity contribution in [1.82, 2.24) is 0 Å². The van der Waals surface area contributed by atoms with Gasteiger partial charge >= 0.3 is 0 Å². The summed E-state index contributed by atoms with van der Waals surface area (Å²) >= 11 is 0. The highest BCUT2D eigenvalue weighted by atomic mass is 16.5. The largest absolute Gasteiger partial charge is 0.497 e. The lowest BCUT2D eigenvalue weighted by Crippen LogP contribution is -1.98. The quantitative estimate of drug-likeness (QED) is 0.769. The summed E-state index contributed by atoms with van der Waals surface area (Å²) < 4.78 is 10.8. The number of rotatable bonds is 5. The Morgan fingerprint density at radius 1 is 1.11 bits per heavy atom. The van der Waals surface area contributed by atoms with Crippen LogP contribution in [0.1, 0.15) is 21.5 Å². The molecule has 0 saturated heterocycles. The first kappa shape index (κ1) is 13.1. The third-order valence-electron chi connectivity index (χ3n) is 2.85. The number of benzene rings is 2. The van der Waals surface area contributed by atoms with Crippen LogP contribution in [0.5, 0.6) is 11.5 Å². The van der Waals surface area contributed by atoms with Gasteiger partial charge < -0.3 is 9.47 Å². The average molecular weight is 256 g/mol. The number of carbonyl (C=O) groups is 1. The second kappa shape index (κ2) is 6.05. The predicted molar refractivity (Wildman–Crippen MR) is 73.9 cm³/mol. The van der Waals surface area contributed by atoms with E-state index in [-0.39, 0.29) is 0 Å². The first-order valence-electron chi connectivity index (χ1n) is 6.04. The van der Waals surface area contributed by atoms with Crippen molar-refractivity contribution in [2.45, 2.75) is 13.5 Å². The smallest absolute Gasteiger partial charge is 0.153 e. The Balaban J connectivity index is 2.07. The molecule has 0 aliphatic rings. The summed E-state index contributed by atoms with van der Waals surface area (Å²) in [5.41, 5.74) is 2.64. The molecule has 3 nitrogen and oxygen atoms in total. The molecular weight excluding hydrogens is 240 g/mol. The van der Waals surface area contributed by atoms with Gasteiger partial charge in [-0.15, -0.1) is 0 Å². The Hall–Kier alpha value is -2.29. The van der Waals surface area contributed by atoms with Crippen molar-refractivity contribution in [2.24, 2.45) is 0 Å². The van der Waals surface area contributed by atoms with Crippen LogP contribution in [-0.2, 0) is 6.61 Å². The van der Waals surface area contributed by atoms with Gasteiger partial charge in [0.25, 0.3) is 0 Å². The van der Waals surface area contributed by atoms with Gasteiger partial charge in [-0.25, -0.2) is 0 Å². The molecule has 0 aromatic heterocycles. The highest BCUT2D eigenvalue weighted by Crippen LogP contribution is 2.20. The summed E-state index contributed by atoms with van der Waals surface area (Å²) in [4.78, 5) is 11.0. The van der Waals surface area contributed by atoms with Crippen LogP contribution in [0.4, 0.5) is 0 Å². The molecule has 0 fully saturated rings. The number of aryl methyl sites for hydroxylation is 1. The second-order valence-electron chi connectivity index (χ2n) is 4.30. The maximum absolute atomic E-state index is 11.0. The summed E-state index contributed by atoms with van der Waals surface area (Å²) in [6.45, 7) is 2.37. The summed E-state index contributed by atoms with van der Waals surface area (Å²) in [6.07, 6.45) is 0.816. The molecule has 0 aliphatic carbocycles. The molecule has 19 heavy (non-hydrogen) atoms. The Kier molecular flexibility index (Phi) is 4.18. The summed E-state index contributed by atoms with van der Waals surface area (Å²) in [7, 11) is 1.63. The molecule has 3 heteroatoms. The third-order valence-corrected chi connectivity index (χ3v) is 2.85. The zero-order valence-electron chi connectivity index (χ0n) is 11.1. The van der Waals surface area contributed by atoms with Crippen LogP contribution in [0, 0.1) is 6.92 Å². The van der Waals surface area contributed by atoms with Crippen LogP contribution < -0.4 is 9.47 Å². The van der Waals surface area contributed by atoms with Crippen molar-refractivity contribution < 1.29 is 14.3 Å². The van der Waals surface area contributed by atoms with E-state index in [1.165, 1.54) is 0 Å². The lowest BCUT2D eigenvalue weighted by Gasteiger charge is -2.09. The summed E-state index contributed by atoms with van der Waals surface area (Å²) in [5.74, 6) is 1.42. The van der Waals surface area contributed by atoms with Gasteiger partial charge in [-0.1, -0.05) is 23.8 Å². The zero-order chi connectivity index (χ0) is 13.7. The lowest BCUT2D eigenvalue weighted by atomic mass is 10.1. The maximum Gasteiger partial charge on any atom is 0.153 e.